The first-order valence-electron chi connectivity index (χ1n) is 7.38. The lowest BCUT2D eigenvalue weighted by Crippen LogP contribution is -2.30. The van der Waals surface area contributed by atoms with Crippen LogP contribution in [0.2, 0.25) is 0 Å². The normalized spacial score (nSPS) is 16.4. The summed E-state index contributed by atoms with van der Waals surface area (Å²) < 4.78 is 5.69. The number of likely N-dealkylation sites (N-methyl/N-ethyl adjacent to an activating group) is 1. The molecule has 1 N–H and O–H groups in total. The molecular weight excluding hydrogens is 266 g/mol. The highest BCUT2D eigenvalue weighted by atomic mass is 16.4. The third kappa shape index (κ3) is 3.68. The van der Waals surface area contributed by atoms with Gasteiger partial charge in [0.15, 0.2) is 0 Å². The fraction of sp³-hybridized carbons (Fsp3) is 0.500. The number of hydrogen-bond acceptors (Lipinski definition) is 5. The molecule has 0 spiro atoms. The third-order valence-electron chi connectivity index (χ3n) is 3.84. The average Bonchev–Trinajstić information content (AvgIpc) is 3.21. The molecule has 0 bridgehead atoms. The van der Waals surface area contributed by atoms with Gasteiger partial charge in [0.2, 0.25) is 11.8 Å². The fourth-order valence-corrected chi connectivity index (χ4v) is 2.38. The van der Waals surface area contributed by atoms with E-state index in [9.17, 15) is 5.11 Å². The maximum absolute atomic E-state index is 9.94. The quantitative estimate of drug-likeness (QED) is 0.883. The van der Waals surface area contributed by atoms with Gasteiger partial charge in [-0.1, -0.05) is 17.7 Å². The smallest absolute Gasteiger partial charge is 0.247 e. The highest BCUT2D eigenvalue weighted by Gasteiger charge is 2.30. The molecule has 1 aliphatic rings. The Morgan fingerprint density at radius 1 is 1.29 bits per heavy atom. The molecule has 2 aromatic rings. The first-order valence-corrected chi connectivity index (χ1v) is 7.38. The van der Waals surface area contributed by atoms with E-state index in [4.69, 9.17) is 4.42 Å². The van der Waals surface area contributed by atoms with Crippen molar-refractivity contribution in [2.75, 3.05) is 13.6 Å². The van der Waals surface area contributed by atoms with Crippen LogP contribution in [0.1, 0.15) is 24.3 Å². The maximum atomic E-state index is 9.94. The van der Waals surface area contributed by atoms with E-state index in [1.54, 1.807) is 0 Å². The summed E-state index contributed by atoms with van der Waals surface area (Å²) in [6, 6.07) is 8.01. The number of nitrogens with zero attached hydrogens (tertiary/aromatic N) is 3. The minimum absolute atomic E-state index is 0.241. The summed E-state index contributed by atoms with van der Waals surface area (Å²) >= 11 is 0. The van der Waals surface area contributed by atoms with E-state index in [0.29, 0.717) is 30.8 Å². The predicted molar refractivity (Wildman–Crippen MR) is 79.5 cm³/mol. The van der Waals surface area contributed by atoms with Gasteiger partial charge >= 0.3 is 0 Å². The van der Waals surface area contributed by atoms with Gasteiger partial charge in [-0.3, -0.25) is 4.90 Å². The molecule has 1 aliphatic carbocycles. The first-order chi connectivity index (χ1) is 10.1. The second-order valence-electron chi connectivity index (χ2n) is 5.97. The van der Waals surface area contributed by atoms with Gasteiger partial charge in [0, 0.05) is 12.1 Å². The minimum Gasteiger partial charge on any atom is -0.419 e. The van der Waals surface area contributed by atoms with Crippen molar-refractivity contribution in [1.29, 1.82) is 0 Å². The first kappa shape index (κ1) is 14.2. The number of benzene rings is 1. The van der Waals surface area contributed by atoms with Crippen LogP contribution in [0.25, 0.3) is 11.5 Å². The van der Waals surface area contributed by atoms with Crippen molar-refractivity contribution in [1.82, 2.24) is 15.1 Å². The number of aromatic nitrogens is 2. The molecular formula is C16H21N3O2. The Morgan fingerprint density at radius 2 is 2.00 bits per heavy atom. The SMILES string of the molecule is Cc1ccc(-c2nnc(CN(C)CC(O)C3CC3)o2)cc1. The molecule has 21 heavy (non-hydrogen) atoms. The lowest BCUT2D eigenvalue weighted by atomic mass is 10.1. The number of aliphatic hydroxyl groups excluding tert-OH is 1. The zero-order valence-electron chi connectivity index (χ0n) is 12.5. The highest BCUT2D eigenvalue weighted by molar-refractivity contribution is 5.52. The van der Waals surface area contributed by atoms with Crippen LogP contribution in [0.4, 0.5) is 0 Å². The van der Waals surface area contributed by atoms with Crippen molar-refractivity contribution < 1.29 is 9.52 Å². The molecule has 0 aliphatic heterocycles. The second-order valence-corrected chi connectivity index (χ2v) is 5.97. The molecule has 3 rings (SSSR count). The van der Waals surface area contributed by atoms with Gasteiger partial charge in [0.1, 0.15) is 0 Å². The predicted octanol–water partition coefficient (Wildman–Crippen LogP) is 2.25. The van der Waals surface area contributed by atoms with E-state index in [1.807, 2.05) is 43.1 Å². The summed E-state index contributed by atoms with van der Waals surface area (Å²) in [6.45, 7) is 3.25. The molecule has 0 radical (unpaired) electrons. The molecule has 1 saturated carbocycles. The minimum atomic E-state index is -0.241. The van der Waals surface area contributed by atoms with Crippen LogP contribution in [0.15, 0.2) is 28.7 Å². The van der Waals surface area contributed by atoms with Crippen LogP contribution < -0.4 is 0 Å². The molecule has 112 valence electrons. The number of rotatable bonds is 6. The van der Waals surface area contributed by atoms with Gasteiger partial charge in [-0.2, -0.15) is 0 Å². The standard InChI is InChI=1S/C16H21N3O2/c1-11-3-5-13(6-4-11)16-18-17-15(21-16)10-19(2)9-14(20)12-7-8-12/h3-6,12,14,20H,7-10H2,1-2H3. The van der Waals surface area contributed by atoms with Gasteiger partial charge < -0.3 is 9.52 Å². The van der Waals surface area contributed by atoms with E-state index in [0.717, 1.165) is 18.4 Å². The molecule has 1 aromatic carbocycles. The van der Waals surface area contributed by atoms with Crippen LogP contribution >= 0.6 is 0 Å². The largest absolute Gasteiger partial charge is 0.419 e. The lowest BCUT2D eigenvalue weighted by Gasteiger charge is -2.18. The van der Waals surface area contributed by atoms with Crippen LogP contribution in [0.5, 0.6) is 0 Å². The van der Waals surface area contributed by atoms with Crippen LogP contribution in [-0.4, -0.2) is 39.9 Å². The molecule has 1 unspecified atom stereocenters. The lowest BCUT2D eigenvalue weighted by molar-refractivity contribution is 0.100. The van der Waals surface area contributed by atoms with E-state index in [2.05, 4.69) is 10.2 Å². The molecule has 1 heterocycles. The molecule has 0 saturated heterocycles. The van der Waals surface area contributed by atoms with Gasteiger partial charge in [-0.15, -0.1) is 10.2 Å². The molecule has 5 heteroatoms. The Kier molecular flexibility index (Phi) is 4.03. The maximum Gasteiger partial charge on any atom is 0.247 e. The van der Waals surface area contributed by atoms with E-state index in [-0.39, 0.29) is 6.10 Å². The highest BCUT2D eigenvalue weighted by Crippen LogP contribution is 2.32. The van der Waals surface area contributed by atoms with Crippen molar-refractivity contribution >= 4 is 0 Å². The summed E-state index contributed by atoms with van der Waals surface area (Å²) in [5.41, 5.74) is 2.13. The zero-order valence-corrected chi connectivity index (χ0v) is 12.5. The van der Waals surface area contributed by atoms with Gasteiger partial charge in [-0.05, 0) is 44.9 Å². The molecule has 1 fully saturated rings. The summed E-state index contributed by atoms with van der Waals surface area (Å²) in [4.78, 5) is 2.02. The summed E-state index contributed by atoms with van der Waals surface area (Å²) in [6.07, 6.45) is 2.05. The third-order valence-corrected chi connectivity index (χ3v) is 3.84. The van der Waals surface area contributed by atoms with Crippen LogP contribution in [0.3, 0.4) is 0 Å². The topological polar surface area (TPSA) is 62.4 Å². The summed E-state index contributed by atoms with van der Waals surface area (Å²) in [5, 5.41) is 18.1. The number of hydrogen-bond donors (Lipinski definition) is 1. The van der Waals surface area contributed by atoms with Crippen LogP contribution in [0, 0.1) is 12.8 Å². The monoisotopic (exact) mass is 287 g/mol. The van der Waals surface area contributed by atoms with E-state index >= 15 is 0 Å². The molecule has 1 aromatic heterocycles. The Balaban J connectivity index is 1.60. The average molecular weight is 287 g/mol. The van der Waals surface area contributed by atoms with E-state index < -0.39 is 0 Å². The molecule has 0 amide bonds. The second kappa shape index (κ2) is 5.95. The van der Waals surface area contributed by atoms with Gasteiger partial charge in [0.05, 0.1) is 12.6 Å². The summed E-state index contributed by atoms with van der Waals surface area (Å²) in [7, 11) is 1.96. The van der Waals surface area contributed by atoms with Crippen molar-refractivity contribution in [3.05, 3.63) is 35.7 Å². The zero-order chi connectivity index (χ0) is 14.8. The Bertz CT molecular complexity index is 590. The Labute approximate surface area is 124 Å². The summed E-state index contributed by atoms with van der Waals surface area (Å²) in [5.74, 6) is 1.61. The van der Waals surface area contributed by atoms with Crippen LogP contribution in [-0.2, 0) is 6.54 Å². The van der Waals surface area contributed by atoms with Crippen molar-refractivity contribution in [3.63, 3.8) is 0 Å². The van der Waals surface area contributed by atoms with E-state index in [1.165, 1.54) is 5.56 Å². The number of aliphatic hydroxyl groups is 1. The molecule has 5 nitrogen and oxygen atoms in total. The van der Waals surface area contributed by atoms with Crippen molar-refractivity contribution in [3.8, 4) is 11.5 Å². The number of aryl methyl sites for hydroxylation is 1. The van der Waals surface area contributed by atoms with Crippen molar-refractivity contribution in [2.45, 2.75) is 32.4 Å². The Hall–Kier alpha value is -1.72. The van der Waals surface area contributed by atoms with Gasteiger partial charge in [0.25, 0.3) is 0 Å². The molecule has 1 atom stereocenters. The van der Waals surface area contributed by atoms with Crippen molar-refractivity contribution in [2.24, 2.45) is 5.92 Å². The Morgan fingerprint density at radius 3 is 2.67 bits per heavy atom. The fourth-order valence-electron chi connectivity index (χ4n) is 2.38. The van der Waals surface area contributed by atoms with Gasteiger partial charge in [-0.25, -0.2) is 0 Å².